The fraction of sp³-hybridized carbons (Fsp3) is 0. The van der Waals surface area contributed by atoms with Crippen LogP contribution < -0.4 is 10.7 Å². The summed E-state index contributed by atoms with van der Waals surface area (Å²) in [6, 6.07) is 23.2. The van der Waals surface area contributed by atoms with Gasteiger partial charge in [-0.15, -0.1) is 0 Å². The Bertz CT molecular complexity index is 1050. The van der Waals surface area contributed by atoms with Gasteiger partial charge in [0.05, 0.1) is 17.5 Å². The third-order valence-corrected chi connectivity index (χ3v) is 4.16. The lowest BCUT2D eigenvalue weighted by Crippen LogP contribution is -2.20. The van der Waals surface area contributed by atoms with Gasteiger partial charge in [-0.1, -0.05) is 66.2 Å². The third kappa shape index (κ3) is 6.16. The molecule has 0 atom stereocenters. The van der Waals surface area contributed by atoms with Gasteiger partial charge >= 0.3 is 0 Å². The first-order valence-corrected chi connectivity index (χ1v) is 9.22. The van der Waals surface area contributed by atoms with Gasteiger partial charge in [0.2, 0.25) is 5.91 Å². The molecule has 2 amide bonds. The first-order valence-electron chi connectivity index (χ1n) is 8.84. The van der Waals surface area contributed by atoms with Crippen LogP contribution in [0.5, 0.6) is 0 Å². The number of carbonyl (C=O) groups excluding carboxylic acids is 2. The fourth-order valence-corrected chi connectivity index (χ4v) is 2.60. The molecule has 0 aliphatic carbocycles. The van der Waals surface area contributed by atoms with Crippen molar-refractivity contribution < 1.29 is 9.59 Å². The Morgan fingerprint density at radius 3 is 2.28 bits per heavy atom. The number of hydrazone groups is 1. The molecule has 0 aliphatic heterocycles. The molecule has 0 unspecified atom stereocenters. The summed E-state index contributed by atoms with van der Waals surface area (Å²) in [7, 11) is 0. The molecule has 0 aliphatic rings. The van der Waals surface area contributed by atoms with Crippen LogP contribution in [0.3, 0.4) is 0 Å². The second-order valence-electron chi connectivity index (χ2n) is 6.03. The molecule has 0 fully saturated rings. The van der Waals surface area contributed by atoms with Crippen molar-refractivity contribution >= 4 is 41.4 Å². The maximum Gasteiger partial charge on any atom is 0.273 e. The van der Waals surface area contributed by atoms with E-state index in [1.807, 2.05) is 30.3 Å². The van der Waals surface area contributed by atoms with Crippen molar-refractivity contribution in [3.63, 3.8) is 0 Å². The molecule has 5 nitrogen and oxygen atoms in total. The van der Waals surface area contributed by atoms with Gasteiger partial charge in [-0.2, -0.15) is 5.10 Å². The molecular formula is C23H18ClN3O2. The molecule has 3 rings (SSSR count). The number of rotatable bonds is 6. The molecule has 2 N–H and O–H groups in total. The SMILES string of the molecule is O=C(/C=C/c1ccccc1)Nc1ccccc1C(=O)N/N=C\c1ccc(Cl)cc1. The predicted octanol–water partition coefficient (Wildman–Crippen LogP) is 4.76. The number of nitrogens with one attached hydrogen (secondary N) is 2. The molecule has 3 aromatic carbocycles. The van der Waals surface area contributed by atoms with Gasteiger partial charge in [-0.25, -0.2) is 5.43 Å². The molecular weight excluding hydrogens is 386 g/mol. The second kappa shape index (κ2) is 10.0. The van der Waals surface area contributed by atoms with E-state index in [1.165, 1.54) is 12.3 Å². The van der Waals surface area contributed by atoms with Crippen molar-refractivity contribution in [2.45, 2.75) is 0 Å². The van der Waals surface area contributed by atoms with Crippen molar-refractivity contribution in [2.24, 2.45) is 5.10 Å². The van der Waals surface area contributed by atoms with E-state index in [0.29, 0.717) is 16.3 Å². The highest BCUT2D eigenvalue weighted by Crippen LogP contribution is 2.15. The lowest BCUT2D eigenvalue weighted by atomic mass is 10.1. The molecule has 144 valence electrons. The number of anilines is 1. The Morgan fingerprint density at radius 1 is 0.828 bits per heavy atom. The van der Waals surface area contributed by atoms with Crippen molar-refractivity contribution in [1.29, 1.82) is 0 Å². The summed E-state index contributed by atoms with van der Waals surface area (Å²) in [6.45, 7) is 0. The normalized spacial score (nSPS) is 10.9. The lowest BCUT2D eigenvalue weighted by Gasteiger charge is -2.08. The minimum atomic E-state index is -0.432. The van der Waals surface area contributed by atoms with Gasteiger partial charge < -0.3 is 5.32 Å². The van der Waals surface area contributed by atoms with Crippen LogP contribution in [0.1, 0.15) is 21.5 Å². The van der Waals surface area contributed by atoms with Crippen molar-refractivity contribution in [1.82, 2.24) is 5.43 Å². The Hall–Kier alpha value is -3.70. The average molecular weight is 404 g/mol. The van der Waals surface area contributed by atoms with E-state index in [9.17, 15) is 9.59 Å². The number of hydrogen-bond acceptors (Lipinski definition) is 3. The Morgan fingerprint density at radius 2 is 1.52 bits per heavy atom. The summed E-state index contributed by atoms with van der Waals surface area (Å²) >= 11 is 5.84. The average Bonchev–Trinajstić information content (AvgIpc) is 2.75. The molecule has 0 bridgehead atoms. The van der Waals surface area contributed by atoms with E-state index in [2.05, 4.69) is 15.8 Å². The van der Waals surface area contributed by atoms with Gasteiger partial charge in [0.15, 0.2) is 0 Å². The summed E-state index contributed by atoms with van der Waals surface area (Å²) in [6.07, 6.45) is 4.63. The monoisotopic (exact) mass is 403 g/mol. The molecule has 0 radical (unpaired) electrons. The zero-order valence-electron chi connectivity index (χ0n) is 15.4. The maximum atomic E-state index is 12.5. The van der Waals surface area contributed by atoms with E-state index in [0.717, 1.165) is 11.1 Å². The quantitative estimate of drug-likeness (QED) is 0.354. The maximum absolute atomic E-state index is 12.5. The number of hydrogen-bond donors (Lipinski definition) is 2. The molecule has 3 aromatic rings. The Kier molecular flexibility index (Phi) is 6.92. The fourth-order valence-electron chi connectivity index (χ4n) is 2.48. The largest absolute Gasteiger partial charge is 0.322 e. The van der Waals surface area contributed by atoms with Gasteiger partial charge in [0, 0.05) is 11.1 Å². The highest BCUT2D eigenvalue weighted by molar-refractivity contribution is 6.30. The van der Waals surface area contributed by atoms with E-state index >= 15 is 0 Å². The van der Waals surface area contributed by atoms with Gasteiger partial charge in [0.1, 0.15) is 0 Å². The Balaban J connectivity index is 1.64. The number of para-hydroxylation sites is 1. The molecule has 29 heavy (non-hydrogen) atoms. The second-order valence-corrected chi connectivity index (χ2v) is 6.47. The number of carbonyl (C=O) groups is 2. The molecule has 0 aromatic heterocycles. The van der Waals surface area contributed by atoms with Crippen molar-refractivity contribution in [2.75, 3.05) is 5.32 Å². The number of benzene rings is 3. The number of halogens is 1. The first kappa shape index (κ1) is 20.0. The highest BCUT2D eigenvalue weighted by atomic mass is 35.5. The third-order valence-electron chi connectivity index (χ3n) is 3.91. The van der Waals surface area contributed by atoms with Crippen LogP contribution in [-0.4, -0.2) is 18.0 Å². The summed E-state index contributed by atoms with van der Waals surface area (Å²) < 4.78 is 0. The number of amides is 2. The van der Waals surface area contributed by atoms with E-state index < -0.39 is 5.91 Å². The highest BCUT2D eigenvalue weighted by Gasteiger charge is 2.11. The van der Waals surface area contributed by atoms with Crippen molar-refractivity contribution in [3.8, 4) is 0 Å². The molecule has 6 heteroatoms. The molecule has 0 saturated carbocycles. The molecule has 0 heterocycles. The smallest absolute Gasteiger partial charge is 0.273 e. The first-order chi connectivity index (χ1) is 14.1. The Labute approximate surface area is 173 Å². The van der Waals surface area contributed by atoms with Crippen LogP contribution in [0.2, 0.25) is 5.02 Å². The van der Waals surface area contributed by atoms with Crippen molar-refractivity contribution in [3.05, 3.63) is 107 Å². The van der Waals surface area contributed by atoms with Crippen LogP contribution in [0, 0.1) is 0 Å². The van der Waals surface area contributed by atoms with Gasteiger partial charge in [-0.3, -0.25) is 9.59 Å². The zero-order chi connectivity index (χ0) is 20.5. The van der Waals surface area contributed by atoms with Gasteiger partial charge in [-0.05, 0) is 41.5 Å². The lowest BCUT2D eigenvalue weighted by molar-refractivity contribution is -0.111. The van der Waals surface area contributed by atoms with Crippen LogP contribution >= 0.6 is 11.6 Å². The molecule has 0 spiro atoms. The molecule has 0 saturated heterocycles. The standard InChI is InChI=1S/C23H18ClN3O2/c24-19-13-10-18(11-14-19)16-25-27-23(29)20-8-4-5-9-21(20)26-22(28)15-12-17-6-2-1-3-7-17/h1-16H,(H,26,28)(H,27,29)/b15-12+,25-16-. The van der Waals surface area contributed by atoms with E-state index in [4.69, 9.17) is 11.6 Å². The van der Waals surface area contributed by atoms with Gasteiger partial charge in [0.25, 0.3) is 5.91 Å². The van der Waals surface area contributed by atoms with Crippen LogP contribution in [0.25, 0.3) is 6.08 Å². The van der Waals surface area contributed by atoms with Crippen LogP contribution in [0.15, 0.2) is 90.0 Å². The summed E-state index contributed by atoms with van der Waals surface area (Å²) in [5.74, 6) is -0.767. The topological polar surface area (TPSA) is 70.6 Å². The summed E-state index contributed by atoms with van der Waals surface area (Å²) in [5, 5.41) is 7.29. The summed E-state index contributed by atoms with van der Waals surface area (Å²) in [4.78, 5) is 24.7. The zero-order valence-corrected chi connectivity index (χ0v) is 16.1. The van der Waals surface area contributed by atoms with E-state index in [1.54, 1.807) is 54.6 Å². The van der Waals surface area contributed by atoms with E-state index in [-0.39, 0.29) is 5.91 Å². The minimum absolute atomic E-state index is 0.308. The van der Waals surface area contributed by atoms with Crippen LogP contribution in [-0.2, 0) is 4.79 Å². The summed E-state index contributed by atoms with van der Waals surface area (Å²) in [5.41, 5.74) is 4.87. The predicted molar refractivity (Wildman–Crippen MR) is 117 cm³/mol. The number of nitrogens with zero attached hydrogens (tertiary/aromatic N) is 1. The van der Waals surface area contributed by atoms with Crippen LogP contribution in [0.4, 0.5) is 5.69 Å². The minimum Gasteiger partial charge on any atom is -0.322 e.